The molecular formula is C18H21N5O4. The van der Waals surface area contributed by atoms with Crippen LogP contribution in [0, 0.1) is 20.2 Å². The lowest BCUT2D eigenvalue weighted by Crippen LogP contribution is -2.24. The van der Waals surface area contributed by atoms with Crippen molar-refractivity contribution in [2.24, 2.45) is 0 Å². The minimum atomic E-state index is -0.651. The van der Waals surface area contributed by atoms with Crippen LogP contribution in [0.5, 0.6) is 0 Å². The molecule has 0 bridgehead atoms. The van der Waals surface area contributed by atoms with Crippen LogP contribution in [0.1, 0.15) is 31.2 Å². The van der Waals surface area contributed by atoms with Crippen molar-refractivity contribution < 1.29 is 9.85 Å². The molecule has 0 radical (unpaired) electrons. The molecule has 0 spiro atoms. The van der Waals surface area contributed by atoms with Crippen molar-refractivity contribution >= 4 is 22.9 Å². The van der Waals surface area contributed by atoms with Crippen molar-refractivity contribution in [2.45, 2.75) is 32.2 Å². The van der Waals surface area contributed by atoms with Gasteiger partial charge in [-0.3, -0.25) is 20.2 Å². The van der Waals surface area contributed by atoms with Crippen molar-refractivity contribution in [1.82, 2.24) is 4.98 Å². The van der Waals surface area contributed by atoms with E-state index >= 15 is 0 Å². The molecule has 1 aliphatic heterocycles. The Labute approximate surface area is 156 Å². The Morgan fingerprint density at radius 1 is 1.00 bits per heavy atom. The van der Waals surface area contributed by atoms with E-state index in [-0.39, 0.29) is 17.1 Å². The molecule has 9 nitrogen and oxygen atoms in total. The topological polar surface area (TPSA) is 114 Å². The van der Waals surface area contributed by atoms with Crippen molar-refractivity contribution in [3.8, 4) is 0 Å². The Morgan fingerprint density at radius 3 is 2.33 bits per heavy atom. The van der Waals surface area contributed by atoms with Gasteiger partial charge in [0, 0.05) is 31.9 Å². The summed E-state index contributed by atoms with van der Waals surface area (Å²) in [5.74, 6) is 0.946. The van der Waals surface area contributed by atoms with Crippen molar-refractivity contribution in [2.75, 3.05) is 23.3 Å². The molecule has 1 fully saturated rings. The molecular weight excluding hydrogens is 350 g/mol. The second kappa shape index (κ2) is 8.43. The summed E-state index contributed by atoms with van der Waals surface area (Å²) in [5.41, 5.74) is 0.484. The van der Waals surface area contributed by atoms with Crippen LogP contribution >= 0.6 is 0 Å². The SMILES string of the molecule is O=[N+]([O-])c1ccc(NCc2ccc(N3CCCCCC3)nc2)c([N+](=O)[O-])c1. The van der Waals surface area contributed by atoms with Gasteiger partial charge in [0.15, 0.2) is 0 Å². The van der Waals surface area contributed by atoms with Crippen LogP contribution in [0.25, 0.3) is 0 Å². The van der Waals surface area contributed by atoms with Crippen molar-refractivity contribution in [1.29, 1.82) is 0 Å². The molecule has 142 valence electrons. The van der Waals surface area contributed by atoms with E-state index in [0.29, 0.717) is 6.54 Å². The Balaban J connectivity index is 1.68. The molecule has 2 aromatic rings. The van der Waals surface area contributed by atoms with Gasteiger partial charge in [0.1, 0.15) is 11.5 Å². The molecule has 1 aromatic carbocycles. The van der Waals surface area contributed by atoms with E-state index in [9.17, 15) is 20.2 Å². The van der Waals surface area contributed by atoms with Gasteiger partial charge in [-0.25, -0.2) is 4.98 Å². The fourth-order valence-corrected chi connectivity index (χ4v) is 3.14. The zero-order valence-electron chi connectivity index (χ0n) is 14.8. The summed E-state index contributed by atoms with van der Waals surface area (Å²) >= 11 is 0. The predicted octanol–water partition coefficient (Wildman–Crippen LogP) is 3.89. The van der Waals surface area contributed by atoms with Crippen LogP contribution in [0.4, 0.5) is 22.9 Å². The molecule has 0 amide bonds. The highest BCUT2D eigenvalue weighted by Crippen LogP contribution is 2.29. The Kier molecular flexibility index (Phi) is 5.80. The molecule has 0 aliphatic carbocycles. The van der Waals surface area contributed by atoms with Gasteiger partial charge in [-0.15, -0.1) is 0 Å². The molecule has 1 saturated heterocycles. The Bertz CT molecular complexity index is 817. The number of nitro groups is 2. The largest absolute Gasteiger partial charge is 0.375 e. The second-order valence-corrected chi connectivity index (χ2v) is 6.50. The standard InChI is InChI=1S/C18H21N5O4/c24-22(25)15-6-7-16(17(11-15)23(26)27)19-12-14-5-8-18(20-13-14)21-9-3-1-2-4-10-21/h5-8,11,13,19H,1-4,9-10,12H2. The van der Waals surface area contributed by atoms with Crippen LogP contribution in [-0.4, -0.2) is 27.9 Å². The van der Waals surface area contributed by atoms with Gasteiger partial charge < -0.3 is 10.2 Å². The van der Waals surface area contributed by atoms with Gasteiger partial charge in [0.25, 0.3) is 11.4 Å². The molecule has 2 heterocycles. The summed E-state index contributed by atoms with van der Waals surface area (Å²) in [6.45, 7) is 2.37. The lowest BCUT2D eigenvalue weighted by molar-refractivity contribution is -0.393. The number of nitro benzene ring substituents is 2. The van der Waals surface area contributed by atoms with E-state index < -0.39 is 9.85 Å². The van der Waals surface area contributed by atoms with Gasteiger partial charge in [0.2, 0.25) is 0 Å². The number of hydrogen-bond donors (Lipinski definition) is 1. The maximum absolute atomic E-state index is 11.2. The maximum atomic E-state index is 11.2. The first-order valence-corrected chi connectivity index (χ1v) is 8.91. The van der Waals surface area contributed by atoms with Gasteiger partial charge in [0.05, 0.1) is 15.9 Å². The summed E-state index contributed by atoms with van der Waals surface area (Å²) in [5, 5.41) is 24.9. The third-order valence-electron chi connectivity index (χ3n) is 4.61. The zero-order chi connectivity index (χ0) is 19.2. The summed E-state index contributed by atoms with van der Waals surface area (Å²) in [6.07, 6.45) is 6.62. The number of aromatic nitrogens is 1. The number of benzene rings is 1. The van der Waals surface area contributed by atoms with E-state index in [4.69, 9.17) is 0 Å². The van der Waals surface area contributed by atoms with Gasteiger partial charge >= 0.3 is 0 Å². The summed E-state index contributed by atoms with van der Waals surface area (Å²) in [7, 11) is 0. The fourth-order valence-electron chi connectivity index (χ4n) is 3.14. The van der Waals surface area contributed by atoms with E-state index in [1.165, 1.54) is 37.8 Å². The number of nitrogens with zero attached hydrogens (tertiary/aromatic N) is 4. The van der Waals surface area contributed by atoms with E-state index in [2.05, 4.69) is 15.2 Å². The van der Waals surface area contributed by atoms with E-state index in [1.807, 2.05) is 12.1 Å². The third kappa shape index (κ3) is 4.69. The number of pyridine rings is 1. The molecule has 3 rings (SSSR count). The van der Waals surface area contributed by atoms with Crippen molar-refractivity contribution in [3.05, 3.63) is 62.3 Å². The van der Waals surface area contributed by atoms with Crippen LogP contribution in [-0.2, 0) is 6.54 Å². The molecule has 0 atom stereocenters. The summed E-state index contributed by atoms with van der Waals surface area (Å²) in [6, 6.07) is 7.47. The summed E-state index contributed by atoms with van der Waals surface area (Å²) in [4.78, 5) is 27.5. The zero-order valence-corrected chi connectivity index (χ0v) is 14.8. The lowest BCUT2D eigenvalue weighted by atomic mass is 10.2. The number of rotatable bonds is 6. The van der Waals surface area contributed by atoms with E-state index in [0.717, 1.165) is 30.5 Å². The highest BCUT2D eigenvalue weighted by Gasteiger charge is 2.19. The molecule has 9 heteroatoms. The quantitative estimate of drug-likeness (QED) is 0.605. The molecule has 1 N–H and O–H groups in total. The second-order valence-electron chi connectivity index (χ2n) is 6.50. The minimum Gasteiger partial charge on any atom is -0.375 e. The van der Waals surface area contributed by atoms with Gasteiger partial charge in [-0.1, -0.05) is 18.9 Å². The van der Waals surface area contributed by atoms with Gasteiger partial charge in [-0.2, -0.15) is 0 Å². The first-order valence-electron chi connectivity index (χ1n) is 8.91. The Morgan fingerprint density at radius 2 is 1.74 bits per heavy atom. The smallest absolute Gasteiger partial charge is 0.299 e. The molecule has 0 unspecified atom stereocenters. The Hall–Kier alpha value is -3.23. The number of nitrogens with one attached hydrogen (secondary N) is 1. The number of hydrogen-bond acceptors (Lipinski definition) is 7. The first-order chi connectivity index (χ1) is 13.0. The predicted molar refractivity (Wildman–Crippen MR) is 102 cm³/mol. The normalized spacial score (nSPS) is 14.4. The fraction of sp³-hybridized carbons (Fsp3) is 0.389. The number of anilines is 2. The first kappa shape index (κ1) is 18.6. The summed E-state index contributed by atoms with van der Waals surface area (Å²) < 4.78 is 0. The van der Waals surface area contributed by atoms with E-state index in [1.54, 1.807) is 6.20 Å². The number of non-ortho nitro benzene ring substituents is 1. The van der Waals surface area contributed by atoms with Crippen LogP contribution in [0.15, 0.2) is 36.5 Å². The highest BCUT2D eigenvalue weighted by atomic mass is 16.6. The molecule has 27 heavy (non-hydrogen) atoms. The van der Waals surface area contributed by atoms with Gasteiger partial charge in [-0.05, 0) is 30.5 Å². The average Bonchev–Trinajstić information content (AvgIpc) is 2.96. The lowest BCUT2D eigenvalue weighted by Gasteiger charge is -2.21. The van der Waals surface area contributed by atoms with Crippen molar-refractivity contribution in [3.63, 3.8) is 0 Å². The van der Waals surface area contributed by atoms with Crippen LogP contribution in [0.3, 0.4) is 0 Å². The third-order valence-corrected chi connectivity index (χ3v) is 4.61. The average molecular weight is 371 g/mol. The molecule has 0 saturated carbocycles. The highest BCUT2D eigenvalue weighted by molar-refractivity contribution is 5.65. The van der Waals surface area contributed by atoms with Crippen LogP contribution < -0.4 is 10.2 Å². The molecule has 1 aromatic heterocycles. The molecule has 1 aliphatic rings. The van der Waals surface area contributed by atoms with Crippen LogP contribution in [0.2, 0.25) is 0 Å². The monoisotopic (exact) mass is 371 g/mol. The minimum absolute atomic E-state index is 0.238. The maximum Gasteiger partial charge on any atom is 0.299 e.